The van der Waals surface area contributed by atoms with E-state index in [-0.39, 0.29) is 5.78 Å². The summed E-state index contributed by atoms with van der Waals surface area (Å²) in [5.41, 5.74) is 0. The van der Waals surface area contributed by atoms with Crippen LogP contribution < -0.4 is 4.74 Å². The predicted molar refractivity (Wildman–Crippen MR) is 62.0 cm³/mol. The van der Waals surface area contributed by atoms with E-state index < -0.39 is 12.2 Å². The highest BCUT2D eigenvalue weighted by molar-refractivity contribution is 7.21. The maximum absolute atomic E-state index is 12.0. The molecule has 0 radical (unpaired) electrons. The number of thiophene rings is 1. The molecule has 0 saturated carbocycles. The fourth-order valence-corrected chi connectivity index (χ4v) is 3.03. The number of ketones is 1. The summed E-state index contributed by atoms with van der Waals surface area (Å²) >= 11 is 1.43. The first kappa shape index (κ1) is 9.81. The monoisotopic (exact) mass is 234 g/mol. The van der Waals surface area contributed by atoms with Gasteiger partial charge in [0.05, 0.1) is 5.92 Å². The van der Waals surface area contributed by atoms with Crippen LogP contribution >= 0.6 is 11.3 Å². The summed E-state index contributed by atoms with van der Waals surface area (Å²) < 4.78 is 6.43. The summed E-state index contributed by atoms with van der Waals surface area (Å²) in [5, 5.41) is 10.5. The van der Waals surface area contributed by atoms with Gasteiger partial charge >= 0.3 is 0 Å². The standard InChI is InChI=1S/C12H10O3S/c1-6-9(13)11-10(15-12(6)14)7-4-2-3-5-8(7)16-11/h2-6,12,14H,1H3. The lowest BCUT2D eigenvalue weighted by molar-refractivity contribution is -0.0527. The zero-order chi connectivity index (χ0) is 11.3. The number of aliphatic hydroxyl groups is 1. The number of hydrogen-bond acceptors (Lipinski definition) is 4. The minimum Gasteiger partial charge on any atom is -0.462 e. The molecule has 0 saturated heterocycles. The van der Waals surface area contributed by atoms with E-state index in [0.29, 0.717) is 10.6 Å². The number of hydrogen-bond donors (Lipinski definition) is 1. The van der Waals surface area contributed by atoms with Gasteiger partial charge in [0.25, 0.3) is 0 Å². The van der Waals surface area contributed by atoms with Gasteiger partial charge in [0.2, 0.25) is 6.29 Å². The molecule has 0 amide bonds. The number of rotatable bonds is 0. The van der Waals surface area contributed by atoms with E-state index >= 15 is 0 Å². The van der Waals surface area contributed by atoms with E-state index in [4.69, 9.17) is 4.74 Å². The molecular weight excluding hydrogens is 224 g/mol. The zero-order valence-corrected chi connectivity index (χ0v) is 9.45. The first-order chi connectivity index (χ1) is 7.68. The molecule has 1 aliphatic heterocycles. The van der Waals surface area contributed by atoms with Gasteiger partial charge in [0.15, 0.2) is 11.5 Å². The molecule has 0 spiro atoms. The Morgan fingerprint density at radius 3 is 2.94 bits per heavy atom. The van der Waals surface area contributed by atoms with Crippen molar-refractivity contribution in [1.82, 2.24) is 0 Å². The van der Waals surface area contributed by atoms with Crippen LogP contribution in [0, 0.1) is 5.92 Å². The molecule has 4 heteroatoms. The molecule has 3 rings (SSSR count). The van der Waals surface area contributed by atoms with Crippen molar-refractivity contribution in [2.75, 3.05) is 0 Å². The average molecular weight is 234 g/mol. The Hall–Kier alpha value is -1.39. The first-order valence-corrected chi connectivity index (χ1v) is 5.90. The Labute approximate surface area is 96.3 Å². The van der Waals surface area contributed by atoms with Crippen LogP contribution in [0.3, 0.4) is 0 Å². The number of benzene rings is 1. The normalized spacial score (nSPS) is 24.2. The van der Waals surface area contributed by atoms with Crippen molar-refractivity contribution in [3.05, 3.63) is 29.1 Å². The Balaban J connectivity index is 2.29. The van der Waals surface area contributed by atoms with Crippen molar-refractivity contribution in [3.8, 4) is 5.75 Å². The van der Waals surface area contributed by atoms with Gasteiger partial charge in [0.1, 0.15) is 4.88 Å². The van der Waals surface area contributed by atoms with Gasteiger partial charge < -0.3 is 9.84 Å². The molecule has 0 aliphatic carbocycles. The number of fused-ring (bicyclic) bond motifs is 3. The molecule has 2 heterocycles. The summed E-state index contributed by atoms with van der Waals surface area (Å²) in [6, 6.07) is 7.68. The van der Waals surface area contributed by atoms with Gasteiger partial charge in [-0.2, -0.15) is 0 Å². The van der Waals surface area contributed by atoms with E-state index in [2.05, 4.69) is 0 Å². The van der Waals surface area contributed by atoms with Crippen LogP contribution in [0.4, 0.5) is 0 Å². The lowest BCUT2D eigenvalue weighted by Crippen LogP contribution is -2.34. The lowest BCUT2D eigenvalue weighted by atomic mass is 10.0. The third-order valence-corrected chi connectivity index (χ3v) is 4.02. The molecule has 2 atom stereocenters. The molecule has 1 aromatic carbocycles. The van der Waals surface area contributed by atoms with E-state index in [1.54, 1.807) is 6.92 Å². The lowest BCUT2D eigenvalue weighted by Gasteiger charge is -2.24. The van der Waals surface area contributed by atoms with E-state index in [0.717, 1.165) is 10.1 Å². The van der Waals surface area contributed by atoms with Crippen molar-refractivity contribution in [1.29, 1.82) is 0 Å². The van der Waals surface area contributed by atoms with Crippen LogP contribution in [0.15, 0.2) is 24.3 Å². The zero-order valence-electron chi connectivity index (χ0n) is 8.64. The Morgan fingerprint density at radius 2 is 2.12 bits per heavy atom. The van der Waals surface area contributed by atoms with Crippen molar-refractivity contribution < 1.29 is 14.6 Å². The van der Waals surface area contributed by atoms with E-state index in [9.17, 15) is 9.90 Å². The average Bonchev–Trinajstić information content (AvgIpc) is 2.65. The number of Topliss-reactive ketones (excluding diaryl/α,β-unsaturated/α-hetero) is 1. The molecule has 1 aromatic heterocycles. The molecule has 2 aromatic rings. The smallest absolute Gasteiger partial charge is 0.207 e. The topological polar surface area (TPSA) is 46.5 Å². The summed E-state index contributed by atoms with van der Waals surface area (Å²) in [4.78, 5) is 12.6. The SMILES string of the molecule is CC1C(=O)c2sc3ccccc3c2OC1O. The Morgan fingerprint density at radius 1 is 1.38 bits per heavy atom. The summed E-state index contributed by atoms with van der Waals surface area (Å²) in [5.74, 6) is 0.0201. The van der Waals surface area contributed by atoms with Gasteiger partial charge in [-0.25, -0.2) is 0 Å². The number of aliphatic hydroxyl groups excluding tert-OH is 1. The second-order valence-electron chi connectivity index (χ2n) is 3.92. The molecule has 1 N–H and O–H groups in total. The molecule has 1 aliphatic rings. The van der Waals surface area contributed by atoms with Crippen LogP contribution in [0.2, 0.25) is 0 Å². The van der Waals surface area contributed by atoms with Crippen molar-refractivity contribution >= 4 is 27.2 Å². The maximum Gasteiger partial charge on any atom is 0.207 e. The summed E-state index contributed by atoms with van der Waals surface area (Å²) in [7, 11) is 0. The Kier molecular flexibility index (Phi) is 2.02. The number of carbonyl (C=O) groups is 1. The largest absolute Gasteiger partial charge is 0.462 e. The highest BCUT2D eigenvalue weighted by Crippen LogP contribution is 2.42. The molecule has 3 nitrogen and oxygen atoms in total. The highest BCUT2D eigenvalue weighted by atomic mass is 32.1. The Bertz CT molecular complexity index is 573. The van der Waals surface area contributed by atoms with Gasteiger partial charge in [-0.3, -0.25) is 4.79 Å². The third-order valence-electron chi connectivity index (χ3n) is 2.85. The van der Waals surface area contributed by atoms with Gasteiger partial charge in [0, 0.05) is 10.1 Å². The molecule has 16 heavy (non-hydrogen) atoms. The summed E-state index contributed by atoms with van der Waals surface area (Å²) in [6.45, 7) is 1.68. The fraction of sp³-hybridized carbons (Fsp3) is 0.250. The first-order valence-electron chi connectivity index (χ1n) is 5.09. The van der Waals surface area contributed by atoms with Crippen LogP contribution in [0.1, 0.15) is 16.6 Å². The summed E-state index contributed by atoms with van der Waals surface area (Å²) in [6.07, 6.45) is -1.03. The van der Waals surface area contributed by atoms with E-state index in [1.165, 1.54) is 11.3 Å². The maximum atomic E-state index is 12.0. The molecule has 2 unspecified atom stereocenters. The molecular formula is C12H10O3S. The highest BCUT2D eigenvalue weighted by Gasteiger charge is 2.35. The number of carbonyl (C=O) groups excluding carboxylic acids is 1. The third kappa shape index (κ3) is 1.20. The molecule has 82 valence electrons. The van der Waals surface area contributed by atoms with E-state index in [1.807, 2.05) is 24.3 Å². The van der Waals surface area contributed by atoms with Crippen LogP contribution in [0.25, 0.3) is 10.1 Å². The molecule has 0 bridgehead atoms. The predicted octanol–water partition coefficient (Wildman–Crippen LogP) is 2.43. The van der Waals surface area contributed by atoms with Crippen LogP contribution in [-0.2, 0) is 0 Å². The number of ether oxygens (including phenoxy) is 1. The second-order valence-corrected chi connectivity index (χ2v) is 4.97. The fourth-order valence-electron chi connectivity index (χ4n) is 1.86. The van der Waals surface area contributed by atoms with Gasteiger partial charge in [-0.05, 0) is 19.1 Å². The molecule has 0 fully saturated rings. The van der Waals surface area contributed by atoms with Gasteiger partial charge in [-0.1, -0.05) is 12.1 Å². The van der Waals surface area contributed by atoms with Crippen molar-refractivity contribution in [2.24, 2.45) is 5.92 Å². The van der Waals surface area contributed by atoms with Crippen LogP contribution in [-0.4, -0.2) is 17.2 Å². The van der Waals surface area contributed by atoms with Gasteiger partial charge in [-0.15, -0.1) is 11.3 Å². The minimum atomic E-state index is -1.03. The quantitative estimate of drug-likeness (QED) is 0.761. The second kappa shape index (κ2) is 3.30. The van der Waals surface area contributed by atoms with Crippen molar-refractivity contribution in [3.63, 3.8) is 0 Å². The van der Waals surface area contributed by atoms with Crippen LogP contribution in [0.5, 0.6) is 5.75 Å². The minimum absolute atomic E-state index is 0.0325. The van der Waals surface area contributed by atoms with Crippen molar-refractivity contribution in [2.45, 2.75) is 13.2 Å².